The van der Waals surface area contributed by atoms with Crippen LogP contribution in [0.15, 0.2) is 65.1 Å². The van der Waals surface area contributed by atoms with E-state index in [2.05, 4.69) is 0 Å². The van der Waals surface area contributed by atoms with Crippen molar-refractivity contribution in [3.8, 4) is 11.5 Å². The summed E-state index contributed by atoms with van der Waals surface area (Å²) in [6, 6.07) is 13.4. The predicted molar refractivity (Wildman–Crippen MR) is 123 cm³/mol. The number of nitrogens with two attached hydrogens (primary N) is 1. The number of ketones is 1. The first-order valence-electron chi connectivity index (χ1n) is 11.2. The molecule has 0 aromatic heterocycles. The molecule has 2 aromatic rings. The van der Waals surface area contributed by atoms with Gasteiger partial charge in [0.05, 0.1) is 18.1 Å². The second-order valence-electron chi connectivity index (χ2n) is 8.38. The molecule has 1 aliphatic carbocycles. The average Bonchev–Trinajstić information content (AvgIpc) is 3.26. The number of Topliss-reactive ketones (excluding diaryl/α,β-unsaturated/α-hetero) is 1. The Bertz CT molecular complexity index is 1210. The number of anilines is 1. The van der Waals surface area contributed by atoms with Crippen LogP contribution in [0.2, 0.25) is 0 Å². The summed E-state index contributed by atoms with van der Waals surface area (Å²) in [5, 5.41) is 0. The summed E-state index contributed by atoms with van der Waals surface area (Å²) >= 11 is 0. The lowest BCUT2D eigenvalue weighted by Crippen LogP contribution is -2.41. The van der Waals surface area contributed by atoms with Gasteiger partial charge in [-0.3, -0.25) is 9.69 Å². The van der Waals surface area contributed by atoms with Crippen LogP contribution < -0.4 is 20.1 Å². The Balaban J connectivity index is 1.75. The summed E-state index contributed by atoms with van der Waals surface area (Å²) < 4.78 is 16.4. The lowest BCUT2D eigenvalue weighted by Gasteiger charge is -2.40. The highest BCUT2D eigenvalue weighted by Crippen LogP contribution is 2.48. The van der Waals surface area contributed by atoms with E-state index in [0.29, 0.717) is 29.9 Å². The Morgan fingerprint density at radius 3 is 2.76 bits per heavy atom. The van der Waals surface area contributed by atoms with Gasteiger partial charge in [-0.15, -0.1) is 0 Å². The fourth-order valence-corrected chi connectivity index (χ4v) is 4.88. The molecule has 0 bridgehead atoms. The van der Waals surface area contributed by atoms with Crippen LogP contribution in [0.25, 0.3) is 0 Å². The van der Waals surface area contributed by atoms with Crippen molar-refractivity contribution in [1.29, 1.82) is 0 Å². The van der Waals surface area contributed by atoms with Crippen LogP contribution in [0.1, 0.15) is 43.2 Å². The van der Waals surface area contributed by atoms with Gasteiger partial charge in [0.1, 0.15) is 5.82 Å². The van der Waals surface area contributed by atoms with E-state index in [1.54, 1.807) is 13.0 Å². The first kappa shape index (κ1) is 21.1. The molecule has 170 valence electrons. The summed E-state index contributed by atoms with van der Waals surface area (Å²) in [5.74, 6) is 0.360. The summed E-state index contributed by atoms with van der Waals surface area (Å²) in [6.45, 7) is 4.09. The predicted octanol–water partition coefficient (Wildman–Crippen LogP) is 4.07. The number of fused-ring (bicyclic) bond motifs is 1. The molecule has 0 amide bonds. The third-order valence-electron chi connectivity index (χ3n) is 6.28. The molecule has 0 saturated heterocycles. The van der Waals surface area contributed by atoms with Gasteiger partial charge < -0.3 is 19.9 Å². The summed E-state index contributed by atoms with van der Waals surface area (Å²) in [6.07, 6.45) is 1.85. The zero-order valence-corrected chi connectivity index (χ0v) is 18.7. The molecule has 2 N–H and O–H groups in total. The van der Waals surface area contributed by atoms with Crippen molar-refractivity contribution in [2.75, 3.05) is 18.3 Å². The van der Waals surface area contributed by atoms with E-state index in [4.69, 9.17) is 19.9 Å². The molecule has 7 heteroatoms. The molecule has 33 heavy (non-hydrogen) atoms. The minimum absolute atomic E-state index is 0.0193. The van der Waals surface area contributed by atoms with Crippen LogP contribution in [-0.2, 0) is 14.3 Å². The second-order valence-corrected chi connectivity index (χ2v) is 8.38. The van der Waals surface area contributed by atoms with Crippen LogP contribution in [0.4, 0.5) is 5.69 Å². The van der Waals surface area contributed by atoms with E-state index in [1.807, 2.05) is 48.2 Å². The molecule has 3 aliphatic rings. The van der Waals surface area contributed by atoms with E-state index in [9.17, 15) is 9.59 Å². The lowest BCUT2D eigenvalue weighted by molar-refractivity contribution is -0.138. The molecular weight excluding hydrogens is 420 g/mol. The highest BCUT2D eigenvalue weighted by Gasteiger charge is 2.43. The number of hydrogen-bond acceptors (Lipinski definition) is 7. The topological polar surface area (TPSA) is 91.1 Å². The zero-order valence-electron chi connectivity index (χ0n) is 18.7. The molecule has 5 rings (SSSR count). The molecule has 2 aliphatic heterocycles. The minimum Gasteiger partial charge on any atom is -0.463 e. The van der Waals surface area contributed by atoms with Crippen LogP contribution in [-0.4, -0.2) is 25.2 Å². The number of rotatable bonds is 4. The van der Waals surface area contributed by atoms with E-state index in [1.165, 1.54) is 0 Å². The van der Waals surface area contributed by atoms with Crippen LogP contribution in [0.5, 0.6) is 11.5 Å². The number of carbonyl (C=O) groups excluding carboxylic acids is 2. The third-order valence-corrected chi connectivity index (χ3v) is 6.28. The first-order valence-corrected chi connectivity index (χ1v) is 11.2. The van der Waals surface area contributed by atoms with Gasteiger partial charge in [0.2, 0.25) is 6.79 Å². The number of allylic oxidation sites excluding steroid dienone is 2. The highest BCUT2D eigenvalue weighted by molar-refractivity contribution is 6.05. The second kappa shape index (κ2) is 8.31. The van der Waals surface area contributed by atoms with Crippen molar-refractivity contribution in [3.05, 3.63) is 76.3 Å². The average molecular weight is 447 g/mol. The SMILES string of the molecule is CCOC(=O)C1=C(N)N(c2cccc(C)c2)C2=C(C(=O)CCC2)C1c1ccc2c(c1)OCO2. The normalized spacial score (nSPS) is 19.6. The molecular formula is C26H26N2O5. The van der Waals surface area contributed by atoms with Gasteiger partial charge in [-0.05, 0) is 62.1 Å². The monoisotopic (exact) mass is 446 g/mol. The molecule has 0 fully saturated rings. The molecule has 1 unspecified atom stereocenters. The smallest absolute Gasteiger partial charge is 0.338 e. The van der Waals surface area contributed by atoms with Gasteiger partial charge in [0, 0.05) is 23.4 Å². The largest absolute Gasteiger partial charge is 0.463 e. The fraction of sp³-hybridized carbons (Fsp3) is 0.308. The molecule has 0 radical (unpaired) electrons. The van der Waals surface area contributed by atoms with Crippen molar-refractivity contribution < 1.29 is 23.8 Å². The number of esters is 1. The zero-order chi connectivity index (χ0) is 23.1. The van der Waals surface area contributed by atoms with Gasteiger partial charge in [-0.2, -0.15) is 0 Å². The lowest BCUT2D eigenvalue weighted by atomic mass is 9.75. The summed E-state index contributed by atoms with van der Waals surface area (Å²) in [5.41, 5.74) is 11.1. The molecule has 2 aromatic carbocycles. The molecule has 7 nitrogen and oxygen atoms in total. The Kier molecular flexibility index (Phi) is 5.32. The number of hydrogen-bond donors (Lipinski definition) is 1. The fourth-order valence-electron chi connectivity index (χ4n) is 4.88. The maximum absolute atomic E-state index is 13.4. The molecule has 2 heterocycles. The summed E-state index contributed by atoms with van der Waals surface area (Å²) in [7, 11) is 0. The Morgan fingerprint density at radius 1 is 1.15 bits per heavy atom. The number of carbonyl (C=O) groups is 2. The van der Waals surface area contributed by atoms with Gasteiger partial charge in [0.15, 0.2) is 17.3 Å². The van der Waals surface area contributed by atoms with Crippen molar-refractivity contribution in [2.45, 2.75) is 39.0 Å². The van der Waals surface area contributed by atoms with Crippen molar-refractivity contribution in [3.63, 3.8) is 0 Å². The van der Waals surface area contributed by atoms with Crippen molar-refractivity contribution >= 4 is 17.4 Å². The minimum atomic E-state index is -0.637. The Hall–Kier alpha value is -3.74. The molecule has 0 saturated carbocycles. The highest BCUT2D eigenvalue weighted by atomic mass is 16.7. The first-order chi connectivity index (χ1) is 16.0. The number of benzene rings is 2. The van der Waals surface area contributed by atoms with Gasteiger partial charge in [-0.25, -0.2) is 4.79 Å². The maximum Gasteiger partial charge on any atom is 0.338 e. The quantitative estimate of drug-likeness (QED) is 0.708. The Labute approximate surface area is 192 Å². The van der Waals surface area contributed by atoms with E-state index in [0.717, 1.165) is 28.9 Å². The van der Waals surface area contributed by atoms with Crippen molar-refractivity contribution in [1.82, 2.24) is 0 Å². The van der Waals surface area contributed by atoms with Gasteiger partial charge in [0.25, 0.3) is 0 Å². The van der Waals surface area contributed by atoms with Gasteiger partial charge in [-0.1, -0.05) is 18.2 Å². The number of aryl methyl sites for hydroxylation is 1. The number of nitrogens with zero attached hydrogens (tertiary/aromatic N) is 1. The van der Waals surface area contributed by atoms with E-state index >= 15 is 0 Å². The van der Waals surface area contributed by atoms with Crippen LogP contribution in [0.3, 0.4) is 0 Å². The Morgan fingerprint density at radius 2 is 1.97 bits per heavy atom. The van der Waals surface area contributed by atoms with Crippen LogP contribution >= 0.6 is 0 Å². The van der Waals surface area contributed by atoms with E-state index < -0.39 is 11.9 Å². The van der Waals surface area contributed by atoms with E-state index in [-0.39, 0.29) is 30.6 Å². The molecule has 0 spiro atoms. The summed E-state index contributed by atoms with van der Waals surface area (Å²) in [4.78, 5) is 28.5. The van der Waals surface area contributed by atoms with Crippen LogP contribution in [0, 0.1) is 6.92 Å². The molecule has 1 atom stereocenters. The standard InChI is InChI=1S/C26H26N2O5/c1-3-31-26(30)24-22(16-10-11-20-21(13-16)33-14-32-20)23-18(8-5-9-19(23)29)28(25(24)27)17-7-4-6-15(2)12-17/h4,6-7,10-13,22H,3,5,8-9,14,27H2,1-2H3. The third kappa shape index (κ3) is 3.53. The maximum atomic E-state index is 13.4. The van der Waals surface area contributed by atoms with Crippen molar-refractivity contribution in [2.24, 2.45) is 5.73 Å². The number of ether oxygens (including phenoxy) is 3. The van der Waals surface area contributed by atoms with Gasteiger partial charge >= 0.3 is 5.97 Å².